The number of imidazole rings is 1. The lowest BCUT2D eigenvalue weighted by Crippen LogP contribution is -2.28. The molecular formula is C17H22ClN3. The molecule has 0 amide bonds. The Kier molecular flexibility index (Phi) is 3.23. The van der Waals surface area contributed by atoms with E-state index in [2.05, 4.69) is 34.6 Å². The van der Waals surface area contributed by atoms with E-state index in [1.165, 1.54) is 43.4 Å². The molecule has 2 aromatic rings. The van der Waals surface area contributed by atoms with E-state index in [1.54, 1.807) is 0 Å². The third-order valence-electron chi connectivity index (χ3n) is 5.20. The molecule has 3 heterocycles. The van der Waals surface area contributed by atoms with E-state index in [4.69, 9.17) is 16.6 Å². The van der Waals surface area contributed by atoms with Crippen molar-refractivity contribution in [2.24, 2.45) is 0 Å². The largest absolute Gasteiger partial charge is 0.322 e. The molecule has 1 aromatic carbocycles. The van der Waals surface area contributed by atoms with Gasteiger partial charge >= 0.3 is 0 Å². The molecule has 0 saturated carbocycles. The second kappa shape index (κ2) is 4.99. The van der Waals surface area contributed by atoms with Crippen molar-refractivity contribution in [2.75, 3.05) is 13.1 Å². The number of rotatable bonds is 2. The molecule has 112 valence electrons. The molecule has 2 saturated heterocycles. The Morgan fingerprint density at radius 2 is 2.10 bits per heavy atom. The molecular weight excluding hydrogens is 282 g/mol. The number of alkyl halides is 1. The Balaban J connectivity index is 1.92. The maximum absolute atomic E-state index is 6.46. The second-order valence-corrected chi connectivity index (χ2v) is 7.15. The topological polar surface area (TPSA) is 21.1 Å². The Morgan fingerprint density at radius 1 is 1.24 bits per heavy atom. The highest BCUT2D eigenvalue weighted by atomic mass is 35.5. The molecule has 2 fully saturated rings. The van der Waals surface area contributed by atoms with Gasteiger partial charge in [0.05, 0.1) is 22.5 Å². The van der Waals surface area contributed by atoms with Crippen LogP contribution in [0, 0.1) is 6.92 Å². The van der Waals surface area contributed by atoms with E-state index in [9.17, 15) is 0 Å². The van der Waals surface area contributed by atoms with Gasteiger partial charge in [0, 0.05) is 12.6 Å². The highest BCUT2D eigenvalue weighted by Gasteiger charge is 2.40. The van der Waals surface area contributed by atoms with Crippen molar-refractivity contribution in [3.8, 4) is 0 Å². The summed E-state index contributed by atoms with van der Waals surface area (Å²) in [5, 5.41) is -0.0488. The van der Waals surface area contributed by atoms with Crippen LogP contribution in [-0.2, 0) is 0 Å². The van der Waals surface area contributed by atoms with Crippen LogP contribution in [0.4, 0.5) is 0 Å². The highest BCUT2D eigenvalue weighted by molar-refractivity contribution is 6.20. The molecule has 3 unspecified atom stereocenters. The van der Waals surface area contributed by atoms with Crippen LogP contribution in [0.3, 0.4) is 0 Å². The van der Waals surface area contributed by atoms with Crippen LogP contribution in [0.1, 0.15) is 49.0 Å². The molecule has 0 spiro atoms. The third kappa shape index (κ3) is 2.01. The Hall–Kier alpha value is -1.06. The van der Waals surface area contributed by atoms with Gasteiger partial charge in [0.15, 0.2) is 0 Å². The number of para-hydroxylation sites is 1. The molecule has 4 rings (SSSR count). The summed E-state index contributed by atoms with van der Waals surface area (Å²) in [6, 6.07) is 7.60. The molecule has 1 aromatic heterocycles. The van der Waals surface area contributed by atoms with Crippen molar-refractivity contribution in [1.82, 2.24) is 14.5 Å². The summed E-state index contributed by atoms with van der Waals surface area (Å²) < 4.78 is 2.47. The molecule has 2 aliphatic heterocycles. The molecule has 0 aliphatic carbocycles. The van der Waals surface area contributed by atoms with Crippen LogP contribution in [-0.4, -0.2) is 33.6 Å². The normalized spacial score (nSPS) is 27.4. The number of nitrogens with zero attached hydrogens (tertiary/aromatic N) is 3. The summed E-state index contributed by atoms with van der Waals surface area (Å²) in [6.07, 6.45) is 3.87. The van der Waals surface area contributed by atoms with E-state index < -0.39 is 0 Å². The smallest absolute Gasteiger partial charge is 0.128 e. The first-order chi connectivity index (χ1) is 10.2. The van der Waals surface area contributed by atoms with E-state index in [0.29, 0.717) is 12.1 Å². The molecule has 3 atom stereocenters. The Labute approximate surface area is 130 Å². The minimum Gasteiger partial charge on any atom is -0.322 e. The van der Waals surface area contributed by atoms with Crippen molar-refractivity contribution in [3.63, 3.8) is 0 Å². The lowest BCUT2D eigenvalue weighted by atomic mass is 10.1. The van der Waals surface area contributed by atoms with Crippen LogP contribution < -0.4 is 0 Å². The van der Waals surface area contributed by atoms with Crippen LogP contribution in [0.25, 0.3) is 11.0 Å². The van der Waals surface area contributed by atoms with Crippen molar-refractivity contribution >= 4 is 22.6 Å². The summed E-state index contributed by atoms with van der Waals surface area (Å²) in [5.74, 6) is 1.04. The fourth-order valence-electron chi connectivity index (χ4n) is 4.31. The average molecular weight is 304 g/mol. The number of halogens is 1. The summed E-state index contributed by atoms with van der Waals surface area (Å²) in [5.41, 5.74) is 3.69. The number of fused-ring (bicyclic) bond motifs is 2. The van der Waals surface area contributed by atoms with Gasteiger partial charge in [-0.15, -0.1) is 11.6 Å². The first-order valence-corrected chi connectivity index (χ1v) is 8.46. The Morgan fingerprint density at radius 3 is 2.90 bits per heavy atom. The van der Waals surface area contributed by atoms with Crippen molar-refractivity contribution in [3.05, 3.63) is 29.6 Å². The lowest BCUT2D eigenvalue weighted by Gasteiger charge is -2.25. The lowest BCUT2D eigenvalue weighted by molar-refractivity contribution is 0.290. The van der Waals surface area contributed by atoms with Gasteiger partial charge < -0.3 is 4.57 Å². The van der Waals surface area contributed by atoms with Crippen molar-refractivity contribution in [2.45, 2.75) is 50.6 Å². The van der Waals surface area contributed by atoms with Gasteiger partial charge in [-0.25, -0.2) is 4.98 Å². The monoisotopic (exact) mass is 303 g/mol. The van der Waals surface area contributed by atoms with Gasteiger partial charge in [-0.05, 0) is 51.3 Å². The quantitative estimate of drug-likeness (QED) is 0.780. The van der Waals surface area contributed by atoms with Gasteiger partial charge in [0.25, 0.3) is 0 Å². The van der Waals surface area contributed by atoms with Gasteiger partial charge in [-0.2, -0.15) is 0 Å². The summed E-state index contributed by atoms with van der Waals surface area (Å²) >= 11 is 6.46. The zero-order valence-electron chi connectivity index (χ0n) is 12.7. The minimum atomic E-state index is -0.0488. The predicted molar refractivity (Wildman–Crippen MR) is 87.0 cm³/mol. The fourth-order valence-corrected chi connectivity index (χ4v) is 4.47. The molecule has 0 bridgehead atoms. The van der Waals surface area contributed by atoms with Gasteiger partial charge in [0.2, 0.25) is 0 Å². The second-order valence-electron chi connectivity index (χ2n) is 6.50. The van der Waals surface area contributed by atoms with Crippen LogP contribution in [0.15, 0.2) is 18.2 Å². The SMILES string of the molecule is Cc1cccc2nc(C(C)Cl)n(C3CCN4CCCC34)c12. The van der Waals surface area contributed by atoms with Crippen molar-refractivity contribution < 1.29 is 0 Å². The maximum Gasteiger partial charge on any atom is 0.128 e. The Bertz CT molecular complexity index is 676. The summed E-state index contributed by atoms with van der Waals surface area (Å²) in [4.78, 5) is 7.49. The zero-order chi connectivity index (χ0) is 14.6. The summed E-state index contributed by atoms with van der Waals surface area (Å²) in [6.45, 7) is 6.70. The molecule has 0 N–H and O–H groups in total. The highest BCUT2D eigenvalue weighted by Crippen LogP contribution is 2.40. The number of benzene rings is 1. The molecule has 3 nitrogen and oxygen atoms in total. The van der Waals surface area contributed by atoms with E-state index >= 15 is 0 Å². The molecule has 0 radical (unpaired) electrons. The van der Waals surface area contributed by atoms with E-state index in [1.807, 2.05) is 6.92 Å². The van der Waals surface area contributed by atoms with Crippen molar-refractivity contribution in [1.29, 1.82) is 0 Å². The van der Waals surface area contributed by atoms with E-state index in [0.717, 1.165) is 11.3 Å². The maximum atomic E-state index is 6.46. The standard InChI is InChI=1S/C17H22ClN3/c1-11-5-3-6-13-16(11)21(17(19-13)12(2)18)15-8-10-20-9-4-7-14(15)20/h3,5-6,12,14-15H,4,7-10H2,1-2H3. The minimum absolute atomic E-state index is 0.0488. The fraction of sp³-hybridized carbons (Fsp3) is 0.588. The van der Waals surface area contributed by atoms with Gasteiger partial charge in [-0.3, -0.25) is 4.90 Å². The predicted octanol–water partition coefficient (Wildman–Crippen LogP) is 4.05. The van der Waals surface area contributed by atoms with Crippen LogP contribution in [0.2, 0.25) is 0 Å². The first kappa shape index (κ1) is 13.6. The first-order valence-electron chi connectivity index (χ1n) is 8.02. The van der Waals surface area contributed by atoms with Gasteiger partial charge in [0.1, 0.15) is 5.82 Å². The molecule has 4 heteroatoms. The van der Waals surface area contributed by atoms with Crippen LogP contribution >= 0.6 is 11.6 Å². The number of aryl methyl sites for hydroxylation is 1. The number of hydrogen-bond donors (Lipinski definition) is 0. The summed E-state index contributed by atoms with van der Waals surface area (Å²) in [7, 11) is 0. The number of aromatic nitrogens is 2. The third-order valence-corrected chi connectivity index (χ3v) is 5.39. The average Bonchev–Trinajstić information content (AvgIpc) is 3.10. The zero-order valence-corrected chi connectivity index (χ0v) is 13.5. The van der Waals surface area contributed by atoms with Gasteiger partial charge in [-0.1, -0.05) is 12.1 Å². The molecule has 21 heavy (non-hydrogen) atoms. The number of hydrogen-bond acceptors (Lipinski definition) is 2. The van der Waals surface area contributed by atoms with E-state index in [-0.39, 0.29) is 5.38 Å². The molecule has 2 aliphatic rings. The van der Waals surface area contributed by atoms with Crippen LogP contribution in [0.5, 0.6) is 0 Å².